The van der Waals surface area contributed by atoms with Crippen LogP contribution in [-0.4, -0.2) is 103 Å². The first kappa shape index (κ1) is 27.4. The molecule has 3 heterocycles. The molecule has 0 saturated carbocycles. The highest BCUT2D eigenvalue weighted by Gasteiger charge is 2.35. The minimum absolute atomic E-state index is 0.0170. The molecule has 3 aliphatic rings. The quantitative estimate of drug-likeness (QED) is 0.415. The highest BCUT2D eigenvalue weighted by atomic mass is 16.6. The maximum absolute atomic E-state index is 12.6. The largest absolute Gasteiger partial charge is 0.490 e. The van der Waals surface area contributed by atoms with Crippen LogP contribution < -0.4 is 9.64 Å². The minimum atomic E-state index is -0.464. The van der Waals surface area contributed by atoms with Gasteiger partial charge in [-0.3, -0.25) is 19.9 Å². The van der Waals surface area contributed by atoms with E-state index in [4.69, 9.17) is 9.47 Å². The second kappa shape index (κ2) is 11.4. The Morgan fingerprint density at radius 2 is 1.73 bits per heavy atom. The van der Waals surface area contributed by atoms with Gasteiger partial charge in [0, 0.05) is 82.3 Å². The highest BCUT2D eigenvalue weighted by Crippen LogP contribution is 2.36. The van der Waals surface area contributed by atoms with Crippen molar-refractivity contribution in [2.24, 2.45) is 0 Å². The van der Waals surface area contributed by atoms with E-state index in [1.807, 2.05) is 38.7 Å². The van der Waals surface area contributed by atoms with Crippen molar-refractivity contribution in [1.82, 2.24) is 14.7 Å². The summed E-state index contributed by atoms with van der Waals surface area (Å²) in [6, 6.07) is 4.24. The van der Waals surface area contributed by atoms with Gasteiger partial charge in [-0.1, -0.05) is 0 Å². The number of aryl methyl sites for hydroxylation is 1. The van der Waals surface area contributed by atoms with E-state index in [0.29, 0.717) is 11.8 Å². The van der Waals surface area contributed by atoms with E-state index in [9.17, 15) is 14.9 Å². The number of benzene rings is 1. The third kappa shape index (κ3) is 6.65. The van der Waals surface area contributed by atoms with Crippen molar-refractivity contribution in [3.63, 3.8) is 0 Å². The van der Waals surface area contributed by atoms with Crippen LogP contribution in [0.1, 0.15) is 52.0 Å². The molecule has 1 aromatic rings. The average molecular weight is 518 g/mol. The number of nitrogens with zero attached hydrogens (tertiary/aromatic N) is 5. The summed E-state index contributed by atoms with van der Waals surface area (Å²) in [6.45, 7) is 15.4. The third-order valence-electron chi connectivity index (χ3n) is 7.90. The Morgan fingerprint density at radius 1 is 1.05 bits per heavy atom. The van der Waals surface area contributed by atoms with Gasteiger partial charge in [0.2, 0.25) is 0 Å². The summed E-state index contributed by atoms with van der Waals surface area (Å²) in [4.78, 5) is 33.0. The number of piperazine rings is 1. The molecule has 206 valence electrons. The van der Waals surface area contributed by atoms with Crippen molar-refractivity contribution >= 4 is 17.5 Å². The highest BCUT2D eigenvalue weighted by molar-refractivity contribution is 5.69. The summed E-state index contributed by atoms with van der Waals surface area (Å²) in [5.41, 5.74) is 1.49. The monoisotopic (exact) mass is 517 g/mol. The van der Waals surface area contributed by atoms with Crippen molar-refractivity contribution in [3.05, 3.63) is 27.8 Å². The number of nitro benzene ring substituents is 1. The first-order chi connectivity index (χ1) is 17.6. The zero-order valence-electron chi connectivity index (χ0n) is 23.1. The van der Waals surface area contributed by atoms with Crippen molar-refractivity contribution in [1.29, 1.82) is 0 Å². The lowest BCUT2D eigenvalue weighted by Gasteiger charge is -2.44. The van der Waals surface area contributed by atoms with Crippen molar-refractivity contribution in [3.8, 4) is 5.75 Å². The number of carbonyl (C=O) groups excluding carboxylic acids is 1. The third-order valence-corrected chi connectivity index (χ3v) is 7.90. The minimum Gasteiger partial charge on any atom is -0.490 e. The molecule has 1 atom stereocenters. The molecule has 0 N–H and O–H groups in total. The maximum atomic E-state index is 12.6. The van der Waals surface area contributed by atoms with E-state index in [1.165, 1.54) is 7.11 Å². The van der Waals surface area contributed by atoms with Gasteiger partial charge in [0.25, 0.3) is 0 Å². The van der Waals surface area contributed by atoms with Crippen LogP contribution in [0.15, 0.2) is 12.1 Å². The second-order valence-electron chi connectivity index (χ2n) is 11.6. The van der Waals surface area contributed by atoms with Crippen LogP contribution in [0.3, 0.4) is 0 Å². The Morgan fingerprint density at radius 3 is 2.32 bits per heavy atom. The normalized spacial score (nSPS) is 22.4. The van der Waals surface area contributed by atoms with Crippen LogP contribution in [-0.2, 0) is 4.74 Å². The Kier molecular flexibility index (Phi) is 8.48. The lowest BCUT2D eigenvalue weighted by Crippen LogP contribution is -2.55. The molecule has 10 heteroatoms. The second-order valence-corrected chi connectivity index (χ2v) is 11.6. The van der Waals surface area contributed by atoms with E-state index in [-0.39, 0.29) is 22.7 Å². The average Bonchev–Trinajstić information content (AvgIpc) is 3.32. The first-order valence-corrected chi connectivity index (χ1v) is 13.6. The van der Waals surface area contributed by atoms with Crippen molar-refractivity contribution < 1.29 is 19.2 Å². The molecule has 3 fully saturated rings. The lowest BCUT2D eigenvalue weighted by atomic mass is 10.00. The van der Waals surface area contributed by atoms with Crippen LogP contribution in [0.2, 0.25) is 0 Å². The number of anilines is 1. The summed E-state index contributed by atoms with van der Waals surface area (Å²) in [6.07, 6.45) is 4.07. The molecule has 4 rings (SSSR count). The van der Waals surface area contributed by atoms with E-state index in [2.05, 4.69) is 14.7 Å². The fraction of sp³-hybridized carbons (Fsp3) is 0.741. The smallest absolute Gasteiger partial charge is 0.410 e. The molecule has 0 spiro atoms. The maximum Gasteiger partial charge on any atom is 0.410 e. The Hall–Kier alpha value is -2.59. The van der Waals surface area contributed by atoms with E-state index >= 15 is 0 Å². The van der Waals surface area contributed by atoms with Gasteiger partial charge in [-0.2, -0.15) is 0 Å². The zero-order chi connectivity index (χ0) is 26.7. The van der Waals surface area contributed by atoms with Gasteiger partial charge < -0.3 is 19.3 Å². The van der Waals surface area contributed by atoms with Gasteiger partial charge in [0.15, 0.2) is 5.75 Å². The number of hydrogen-bond donors (Lipinski definition) is 0. The predicted molar refractivity (Wildman–Crippen MR) is 144 cm³/mol. The molecule has 3 saturated heterocycles. The molecular formula is C27H43N5O5. The zero-order valence-corrected chi connectivity index (χ0v) is 23.1. The van der Waals surface area contributed by atoms with Crippen LogP contribution in [0, 0.1) is 17.0 Å². The molecule has 3 aliphatic heterocycles. The molecule has 0 radical (unpaired) electrons. The Labute approximate surface area is 220 Å². The lowest BCUT2D eigenvalue weighted by molar-refractivity contribution is -0.385. The fourth-order valence-corrected chi connectivity index (χ4v) is 5.98. The van der Waals surface area contributed by atoms with Gasteiger partial charge in [-0.25, -0.2) is 4.79 Å². The Bertz CT molecular complexity index is 965. The molecule has 0 bridgehead atoms. The topological polar surface area (TPSA) is 91.6 Å². The summed E-state index contributed by atoms with van der Waals surface area (Å²) in [5, 5.41) is 11.3. The molecule has 1 unspecified atom stereocenters. The summed E-state index contributed by atoms with van der Waals surface area (Å²) >= 11 is 0. The molecule has 10 nitrogen and oxygen atoms in total. The molecule has 37 heavy (non-hydrogen) atoms. The number of hydrogen-bond acceptors (Lipinski definition) is 8. The van der Waals surface area contributed by atoms with Crippen LogP contribution in [0.4, 0.5) is 16.2 Å². The number of piperidine rings is 1. The van der Waals surface area contributed by atoms with Crippen LogP contribution in [0.25, 0.3) is 0 Å². The van der Waals surface area contributed by atoms with Crippen molar-refractivity contribution in [2.75, 3.05) is 64.4 Å². The number of amides is 1. The number of rotatable bonds is 6. The van der Waals surface area contributed by atoms with E-state index < -0.39 is 5.60 Å². The standard InChI is InChI=1S/C27H43N5O5/c1-20-17-24(32(34)35)25(36-5)18-23(20)30-11-8-21(9-12-30)29-15-13-28(14-16-29)19-22-7-6-10-31(22)26(33)37-27(2,3)4/h17-18,21-22H,6-16,19H2,1-5H3. The Balaban J connectivity index is 1.26. The molecular weight excluding hydrogens is 474 g/mol. The first-order valence-electron chi connectivity index (χ1n) is 13.6. The summed E-state index contributed by atoms with van der Waals surface area (Å²) < 4.78 is 10.9. The summed E-state index contributed by atoms with van der Waals surface area (Å²) in [5.74, 6) is 0.316. The molecule has 0 aliphatic carbocycles. The SMILES string of the molecule is COc1cc(N2CCC(N3CCN(CC4CCCN4C(=O)OC(C)(C)C)CC3)CC2)c(C)cc1[N+](=O)[O-]. The molecule has 0 aromatic heterocycles. The van der Waals surface area contributed by atoms with E-state index in [1.54, 1.807) is 6.07 Å². The predicted octanol–water partition coefficient (Wildman–Crippen LogP) is 3.90. The molecule has 1 amide bonds. The van der Waals surface area contributed by atoms with Gasteiger partial charge in [0.05, 0.1) is 12.0 Å². The number of likely N-dealkylation sites (tertiary alicyclic amines) is 1. The van der Waals surface area contributed by atoms with Crippen LogP contribution in [0.5, 0.6) is 5.75 Å². The number of nitro groups is 1. The van der Waals surface area contributed by atoms with Gasteiger partial charge >= 0.3 is 11.8 Å². The number of ether oxygens (including phenoxy) is 2. The van der Waals surface area contributed by atoms with Crippen molar-refractivity contribution in [2.45, 2.75) is 71.1 Å². The van der Waals surface area contributed by atoms with E-state index in [0.717, 1.165) is 89.3 Å². The van der Waals surface area contributed by atoms with Gasteiger partial charge in [0.1, 0.15) is 5.60 Å². The number of carbonyl (C=O) groups is 1. The number of methoxy groups -OCH3 is 1. The fourth-order valence-electron chi connectivity index (χ4n) is 5.98. The van der Waals surface area contributed by atoms with Gasteiger partial charge in [-0.05, 0) is 58.9 Å². The van der Waals surface area contributed by atoms with Gasteiger partial charge in [-0.15, -0.1) is 0 Å². The molecule has 1 aromatic carbocycles. The van der Waals surface area contributed by atoms with Crippen LogP contribution >= 0.6 is 0 Å². The summed E-state index contributed by atoms with van der Waals surface area (Å²) in [7, 11) is 1.48.